The number of fused-ring (bicyclic) bond motifs is 2. The summed E-state index contributed by atoms with van der Waals surface area (Å²) in [6, 6.07) is 8.45. The van der Waals surface area contributed by atoms with E-state index in [1.165, 1.54) is 11.3 Å². The van der Waals surface area contributed by atoms with Gasteiger partial charge in [0.05, 0.1) is 0 Å². The molecule has 0 saturated carbocycles. The highest BCUT2D eigenvalue weighted by Crippen LogP contribution is 2.41. The average molecular weight is 280 g/mol. The molecule has 21 heavy (non-hydrogen) atoms. The summed E-state index contributed by atoms with van der Waals surface area (Å²) in [5.41, 5.74) is 9.07. The molecule has 0 bridgehead atoms. The summed E-state index contributed by atoms with van der Waals surface area (Å²) in [6.07, 6.45) is 6.31. The first kappa shape index (κ1) is 12.3. The SMILES string of the molecule is NCCC1CN(c2nccn3cnnc23)c2ccccc21. The first-order valence-corrected chi connectivity index (χ1v) is 7.09. The summed E-state index contributed by atoms with van der Waals surface area (Å²) >= 11 is 0. The Labute approximate surface area is 122 Å². The molecule has 1 aromatic carbocycles. The largest absolute Gasteiger partial charge is 0.330 e. The van der Waals surface area contributed by atoms with Gasteiger partial charge < -0.3 is 10.6 Å². The van der Waals surface area contributed by atoms with E-state index in [2.05, 4.69) is 44.3 Å². The van der Waals surface area contributed by atoms with Crippen LogP contribution in [0.2, 0.25) is 0 Å². The zero-order chi connectivity index (χ0) is 14.2. The Bertz CT molecular complexity index is 780. The minimum atomic E-state index is 0.441. The molecule has 0 spiro atoms. The monoisotopic (exact) mass is 280 g/mol. The predicted octanol–water partition coefficient (Wildman–Crippen LogP) is 1.71. The smallest absolute Gasteiger partial charge is 0.204 e. The van der Waals surface area contributed by atoms with E-state index >= 15 is 0 Å². The van der Waals surface area contributed by atoms with Gasteiger partial charge in [0.2, 0.25) is 5.65 Å². The fraction of sp³-hybridized carbons (Fsp3) is 0.267. The standard InChI is InChI=1S/C15H16N6/c16-6-5-11-9-21(13-4-2-1-3-12(11)13)14-15-19-18-10-20(15)8-7-17-14/h1-4,7-8,10-11H,5-6,9,16H2. The Morgan fingerprint density at radius 1 is 1.29 bits per heavy atom. The summed E-state index contributed by atoms with van der Waals surface area (Å²) in [5, 5.41) is 8.16. The van der Waals surface area contributed by atoms with E-state index in [9.17, 15) is 0 Å². The van der Waals surface area contributed by atoms with Crippen molar-refractivity contribution < 1.29 is 0 Å². The molecule has 6 nitrogen and oxygen atoms in total. The second-order valence-corrected chi connectivity index (χ2v) is 5.26. The first-order chi connectivity index (χ1) is 10.4. The van der Waals surface area contributed by atoms with Gasteiger partial charge in [-0.3, -0.25) is 4.40 Å². The Kier molecular flexibility index (Phi) is 2.82. The van der Waals surface area contributed by atoms with Crippen LogP contribution in [0.1, 0.15) is 17.9 Å². The van der Waals surface area contributed by atoms with E-state index in [0.29, 0.717) is 12.5 Å². The number of nitrogens with zero attached hydrogens (tertiary/aromatic N) is 5. The third-order valence-corrected chi connectivity index (χ3v) is 4.04. The Balaban J connectivity index is 1.85. The maximum atomic E-state index is 5.76. The summed E-state index contributed by atoms with van der Waals surface area (Å²) in [4.78, 5) is 6.75. The topological polar surface area (TPSA) is 72.3 Å². The van der Waals surface area contributed by atoms with Crippen LogP contribution < -0.4 is 10.6 Å². The second kappa shape index (κ2) is 4.82. The van der Waals surface area contributed by atoms with Gasteiger partial charge in [-0.1, -0.05) is 18.2 Å². The van der Waals surface area contributed by atoms with Crippen molar-refractivity contribution >= 4 is 17.2 Å². The van der Waals surface area contributed by atoms with E-state index in [-0.39, 0.29) is 0 Å². The van der Waals surface area contributed by atoms with Gasteiger partial charge in [-0.05, 0) is 24.6 Å². The quantitative estimate of drug-likeness (QED) is 0.790. The third kappa shape index (κ3) is 1.87. The molecule has 2 aromatic heterocycles. The van der Waals surface area contributed by atoms with Gasteiger partial charge in [-0.25, -0.2) is 4.98 Å². The summed E-state index contributed by atoms with van der Waals surface area (Å²) < 4.78 is 1.89. The second-order valence-electron chi connectivity index (χ2n) is 5.26. The van der Waals surface area contributed by atoms with Crippen molar-refractivity contribution in [3.05, 3.63) is 48.5 Å². The first-order valence-electron chi connectivity index (χ1n) is 7.09. The van der Waals surface area contributed by atoms with Crippen LogP contribution >= 0.6 is 0 Å². The molecule has 1 unspecified atom stereocenters. The van der Waals surface area contributed by atoms with Crippen LogP contribution in [0.15, 0.2) is 43.0 Å². The van der Waals surface area contributed by atoms with E-state index in [4.69, 9.17) is 5.73 Å². The zero-order valence-corrected chi connectivity index (χ0v) is 11.6. The summed E-state index contributed by atoms with van der Waals surface area (Å²) in [6.45, 7) is 1.57. The Hall–Kier alpha value is -2.47. The molecule has 1 atom stereocenters. The highest BCUT2D eigenvalue weighted by atomic mass is 15.3. The van der Waals surface area contributed by atoms with Gasteiger partial charge in [0.15, 0.2) is 5.82 Å². The van der Waals surface area contributed by atoms with Crippen LogP contribution in [0, 0.1) is 0 Å². The zero-order valence-electron chi connectivity index (χ0n) is 11.6. The van der Waals surface area contributed by atoms with Crippen molar-refractivity contribution in [2.45, 2.75) is 12.3 Å². The van der Waals surface area contributed by atoms with Crippen molar-refractivity contribution in [1.29, 1.82) is 0 Å². The molecule has 1 aliphatic rings. The fourth-order valence-corrected chi connectivity index (χ4v) is 3.08. The summed E-state index contributed by atoms with van der Waals surface area (Å²) in [5.74, 6) is 1.29. The number of hydrogen-bond acceptors (Lipinski definition) is 5. The minimum Gasteiger partial charge on any atom is -0.330 e. The van der Waals surface area contributed by atoms with E-state index in [0.717, 1.165) is 24.4 Å². The number of rotatable bonds is 3. The Morgan fingerprint density at radius 3 is 3.10 bits per heavy atom. The molecule has 0 radical (unpaired) electrons. The minimum absolute atomic E-state index is 0.441. The molecular weight excluding hydrogens is 264 g/mol. The van der Waals surface area contributed by atoms with Gasteiger partial charge in [-0.2, -0.15) is 0 Å². The van der Waals surface area contributed by atoms with Crippen LogP contribution in [0.25, 0.3) is 5.65 Å². The van der Waals surface area contributed by atoms with Gasteiger partial charge in [-0.15, -0.1) is 10.2 Å². The molecule has 2 N–H and O–H groups in total. The lowest BCUT2D eigenvalue weighted by atomic mass is 9.98. The number of nitrogens with two attached hydrogens (primary N) is 1. The van der Waals surface area contributed by atoms with E-state index in [1.807, 2.05) is 10.6 Å². The van der Waals surface area contributed by atoms with Gasteiger partial charge >= 0.3 is 0 Å². The molecule has 0 fully saturated rings. The number of anilines is 2. The van der Waals surface area contributed by atoms with Crippen molar-refractivity contribution in [2.24, 2.45) is 5.73 Å². The van der Waals surface area contributed by atoms with E-state index in [1.54, 1.807) is 12.5 Å². The van der Waals surface area contributed by atoms with Crippen molar-refractivity contribution in [2.75, 3.05) is 18.0 Å². The van der Waals surface area contributed by atoms with Gasteiger partial charge in [0, 0.05) is 30.5 Å². The molecule has 0 saturated heterocycles. The van der Waals surface area contributed by atoms with Crippen molar-refractivity contribution in [1.82, 2.24) is 19.6 Å². The Morgan fingerprint density at radius 2 is 2.19 bits per heavy atom. The van der Waals surface area contributed by atoms with Gasteiger partial charge in [0.25, 0.3) is 0 Å². The molecule has 3 heterocycles. The highest BCUT2D eigenvalue weighted by Gasteiger charge is 2.30. The van der Waals surface area contributed by atoms with Crippen molar-refractivity contribution in [3.63, 3.8) is 0 Å². The van der Waals surface area contributed by atoms with Crippen LogP contribution in [0.4, 0.5) is 11.5 Å². The molecule has 0 amide bonds. The molecule has 6 heteroatoms. The maximum Gasteiger partial charge on any atom is 0.204 e. The highest BCUT2D eigenvalue weighted by molar-refractivity contribution is 5.76. The number of aromatic nitrogens is 4. The molecule has 4 rings (SSSR count). The van der Waals surface area contributed by atoms with Crippen LogP contribution in [-0.2, 0) is 0 Å². The van der Waals surface area contributed by atoms with Crippen LogP contribution in [-0.4, -0.2) is 32.7 Å². The molecular formula is C15H16N6. The average Bonchev–Trinajstić information content (AvgIpc) is 3.12. The lowest BCUT2D eigenvalue weighted by Gasteiger charge is -2.18. The number of hydrogen-bond donors (Lipinski definition) is 1. The lowest BCUT2D eigenvalue weighted by molar-refractivity contribution is 0.667. The number of para-hydroxylation sites is 1. The molecule has 106 valence electrons. The normalized spacial score (nSPS) is 17.4. The third-order valence-electron chi connectivity index (χ3n) is 4.04. The molecule has 3 aromatic rings. The maximum absolute atomic E-state index is 5.76. The number of benzene rings is 1. The summed E-state index contributed by atoms with van der Waals surface area (Å²) in [7, 11) is 0. The predicted molar refractivity (Wildman–Crippen MR) is 80.6 cm³/mol. The fourth-order valence-electron chi connectivity index (χ4n) is 3.08. The van der Waals surface area contributed by atoms with E-state index < -0.39 is 0 Å². The van der Waals surface area contributed by atoms with Crippen LogP contribution in [0.3, 0.4) is 0 Å². The van der Waals surface area contributed by atoms with Crippen molar-refractivity contribution in [3.8, 4) is 0 Å². The van der Waals surface area contributed by atoms with Crippen LogP contribution in [0.5, 0.6) is 0 Å². The molecule has 1 aliphatic heterocycles. The lowest BCUT2D eigenvalue weighted by Crippen LogP contribution is -2.19. The molecule has 0 aliphatic carbocycles. The van der Waals surface area contributed by atoms with Gasteiger partial charge in [0.1, 0.15) is 6.33 Å².